The number of piperidine rings is 1. The zero-order valence-corrected chi connectivity index (χ0v) is 39.0. The van der Waals surface area contributed by atoms with Crippen molar-refractivity contribution in [2.24, 2.45) is 17.1 Å². The maximum absolute atomic E-state index is 15.0. The van der Waals surface area contributed by atoms with Crippen LogP contribution in [0.2, 0.25) is 0 Å². The molecule has 14 nitrogen and oxygen atoms in total. The van der Waals surface area contributed by atoms with Gasteiger partial charge >= 0.3 is 5.97 Å². The molecule has 0 bridgehead atoms. The third kappa shape index (κ3) is 15.2. The smallest absolute Gasteiger partial charge is 0.309 e. The highest BCUT2D eigenvalue weighted by Crippen LogP contribution is 2.32. The molecule has 346 valence electrons. The van der Waals surface area contributed by atoms with E-state index >= 15 is 0 Å². The Morgan fingerprint density at radius 3 is 2.45 bits per heavy atom. The number of aromatic nitrogens is 1. The van der Waals surface area contributed by atoms with E-state index in [1.165, 1.54) is 23.5 Å². The molecular formula is C46H72FN7O7S. The molecule has 1 saturated heterocycles. The predicted molar refractivity (Wildman–Crippen MR) is 242 cm³/mol. The summed E-state index contributed by atoms with van der Waals surface area (Å²) in [6, 6.07) is 2.00. The molecule has 1 aliphatic heterocycles. The van der Waals surface area contributed by atoms with Gasteiger partial charge in [0.05, 0.1) is 29.7 Å². The summed E-state index contributed by atoms with van der Waals surface area (Å²) in [6.45, 7) is 18.7. The molecule has 4 amide bonds. The van der Waals surface area contributed by atoms with Gasteiger partial charge in [-0.1, -0.05) is 71.1 Å². The fraction of sp³-hybridized carbons (Fsp3) is 0.652. The number of halogens is 1. The van der Waals surface area contributed by atoms with Crippen LogP contribution in [0.15, 0.2) is 35.7 Å². The molecule has 3 rings (SSSR count). The van der Waals surface area contributed by atoms with Gasteiger partial charge in [-0.15, -0.1) is 11.3 Å². The number of thiazole rings is 1. The molecule has 0 saturated carbocycles. The number of ether oxygens (including phenoxy) is 1. The topological polar surface area (TPSA) is 196 Å². The molecule has 6 N–H and O–H groups in total. The number of aliphatic carboxylic acids is 1. The average molecular weight is 886 g/mol. The van der Waals surface area contributed by atoms with Crippen molar-refractivity contribution in [1.82, 2.24) is 25.4 Å². The van der Waals surface area contributed by atoms with E-state index in [1.807, 2.05) is 39.6 Å². The van der Waals surface area contributed by atoms with Crippen LogP contribution in [0.3, 0.4) is 0 Å². The van der Waals surface area contributed by atoms with Crippen LogP contribution in [-0.2, 0) is 30.3 Å². The maximum atomic E-state index is 15.0. The second kappa shape index (κ2) is 25.1. The van der Waals surface area contributed by atoms with Gasteiger partial charge in [-0.25, -0.2) is 9.37 Å². The number of amides is 4. The SMILES string of the molecule is C=C(C)[C@@H](C[C@@H](OCC)c1nc(C(=O)N[C@@H](Cc2ccc(NC(=O)CN)c(F)c2)CC(C)(C)C(=O)O)cs1)N(CCCCCC)C(=O)[C@@H](NC(=O)[C@H]1CCCCN1C)[C@@H](C)CC. The second-order valence-corrected chi connectivity index (χ2v) is 18.3. The summed E-state index contributed by atoms with van der Waals surface area (Å²) in [5, 5.41) is 20.6. The van der Waals surface area contributed by atoms with E-state index in [2.05, 4.69) is 34.4 Å². The molecule has 6 atom stereocenters. The van der Waals surface area contributed by atoms with Crippen LogP contribution in [-0.4, -0.2) is 107 Å². The van der Waals surface area contributed by atoms with Crippen LogP contribution in [0.4, 0.5) is 10.1 Å². The van der Waals surface area contributed by atoms with Gasteiger partial charge in [-0.3, -0.25) is 28.9 Å². The van der Waals surface area contributed by atoms with Gasteiger partial charge in [-0.05, 0) is 97.0 Å². The number of carbonyl (C=O) groups is 5. The molecule has 0 spiro atoms. The zero-order chi connectivity index (χ0) is 46.1. The third-order valence-electron chi connectivity index (χ3n) is 11.8. The van der Waals surface area contributed by atoms with E-state index in [0.29, 0.717) is 36.6 Å². The highest BCUT2D eigenvalue weighted by molar-refractivity contribution is 7.09. The summed E-state index contributed by atoms with van der Waals surface area (Å²) in [4.78, 5) is 75.0. The Bertz CT molecular complexity index is 1820. The molecular weight excluding hydrogens is 814 g/mol. The molecule has 1 aromatic heterocycles. The monoisotopic (exact) mass is 886 g/mol. The Morgan fingerprint density at radius 2 is 1.85 bits per heavy atom. The zero-order valence-electron chi connectivity index (χ0n) is 38.2. The van der Waals surface area contributed by atoms with E-state index in [-0.39, 0.29) is 54.5 Å². The minimum Gasteiger partial charge on any atom is -0.481 e. The minimum atomic E-state index is -1.24. The van der Waals surface area contributed by atoms with Crippen molar-refractivity contribution in [3.05, 3.63) is 57.8 Å². The average Bonchev–Trinajstić information content (AvgIpc) is 3.73. The fourth-order valence-corrected chi connectivity index (χ4v) is 8.69. The van der Waals surface area contributed by atoms with Crippen LogP contribution >= 0.6 is 11.3 Å². The van der Waals surface area contributed by atoms with Crippen molar-refractivity contribution >= 4 is 46.6 Å². The van der Waals surface area contributed by atoms with Crippen LogP contribution in [0.1, 0.15) is 140 Å². The Kier molecular flexibility index (Phi) is 21.1. The lowest BCUT2D eigenvalue weighted by molar-refractivity contribution is -0.147. The Hall–Kier alpha value is -4.25. The molecule has 0 unspecified atom stereocenters. The largest absolute Gasteiger partial charge is 0.481 e. The van der Waals surface area contributed by atoms with Crippen molar-refractivity contribution in [2.75, 3.05) is 38.6 Å². The lowest BCUT2D eigenvalue weighted by Gasteiger charge is -2.39. The minimum absolute atomic E-state index is 0.0256. The van der Waals surface area contributed by atoms with E-state index in [4.69, 9.17) is 15.5 Å². The molecule has 62 heavy (non-hydrogen) atoms. The number of hydrogen-bond donors (Lipinski definition) is 5. The van der Waals surface area contributed by atoms with Crippen molar-refractivity contribution in [3.63, 3.8) is 0 Å². The Balaban J connectivity index is 1.92. The number of nitrogens with two attached hydrogens (primary N) is 1. The van der Waals surface area contributed by atoms with Gasteiger partial charge in [0.15, 0.2) is 0 Å². The summed E-state index contributed by atoms with van der Waals surface area (Å²) in [5.74, 6) is -3.26. The normalized spacial score (nSPS) is 17.0. The molecule has 1 aliphatic rings. The first-order valence-corrected chi connectivity index (χ1v) is 23.1. The molecule has 0 aliphatic carbocycles. The molecule has 1 fully saturated rings. The summed E-state index contributed by atoms with van der Waals surface area (Å²) >= 11 is 1.24. The number of nitrogens with zero attached hydrogens (tertiary/aromatic N) is 3. The number of unbranched alkanes of at least 4 members (excludes halogenated alkanes) is 3. The summed E-state index contributed by atoms with van der Waals surface area (Å²) in [7, 11) is 1.96. The highest BCUT2D eigenvalue weighted by Gasteiger charge is 2.38. The van der Waals surface area contributed by atoms with Crippen LogP contribution in [0.25, 0.3) is 0 Å². The van der Waals surface area contributed by atoms with Gasteiger partial charge in [0, 0.05) is 31.0 Å². The number of carboxylic acid groups (broad SMARTS) is 1. The number of carboxylic acids is 1. The second-order valence-electron chi connectivity index (χ2n) is 17.4. The van der Waals surface area contributed by atoms with E-state index in [9.17, 15) is 33.5 Å². The molecule has 2 aromatic rings. The number of carbonyl (C=O) groups excluding carboxylic acids is 4. The number of hydrogen-bond acceptors (Lipinski definition) is 10. The van der Waals surface area contributed by atoms with E-state index in [1.54, 1.807) is 25.3 Å². The molecule has 1 aromatic carbocycles. The van der Waals surface area contributed by atoms with E-state index < -0.39 is 53.2 Å². The number of benzene rings is 1. The lowest BCUT2D eigenvalue weighted by Crippen LogP contribution is -2.58. The number of likely N-dealkylation sites (N-methyl/N-ethyl adjacent to an activating group) is 1. The summed E-state index contributed by atoms with van der Waals surface area (Å²) in [5.41, 5.74) is 5.40. The van der Waals surface area contributed by atoms with Crippen molar-refractivity contribution in [1.29, 1.82) is 0 Å². The van der Waals surface area contributed by atoms with E-state index in [0.717, 1.165) is 57.1 Å². The number of rotatable bonds is 26. The number of likely N-dealkylation sites (tertiary alicyclic amines) is 1. The molecule has 16 heteroatoms. The number of anilines is 1. The maximum Gasteiger partial charge on any atom is 0.309 e. The van der Waals surface area contributed by atoms with Crippen molar-refractivity contribution in [3.8, 4) is 0 Å². The Labute approximate surface area is 372 Å². The predicted octanol–water partition coefficient (Wildman–Crippen LogP) is 6.86. The van der Waals surface area contributed by atoms with Gasteiger partial charge in [0.25, 0.3) is 5.91 Å². The summed E-state index contributed by atoms with van der Waals surface area (Å²) < 4.78 is 21.3. The van der Waals surface area contributed by atoms with Crippen LogP contribution < -0.4 is 21.7 Å². The first-order chi connectivity index (χ1) is 29.4. The first-order valence-electron chi connectivity index (χ1n) is 22.2. The lowest BCUT2D eigenvalue weighted by atomic mass is 9.84. The highest BCUT2D eigenvalue weighted by atomic mass is 32.1. The van der Waals surface area contributed by atoms with Gasteiger partial charge < -0.3 is 36.4 Å². The van der Waals surface area contributed by atoms with Gasteiger partial charge in [0.1, 0.15) is 28.7 Å². The quantitative estimate of drug-likeness (QED) is 0.0492. The van der Waals surface area contributed by atoms with Crippen LogP contribution in [0, 0.1) is 17.2 Å². The number of nitrogens with one attached hydrogen (secondary N) is 3. The first kappa shape index (κ1) is 52.1. The summed E-state index contributed by atoms with van der Waals surface area (Å²) in [6.07, 6.45) is 7.03. The standard InChI is InChI=1S/C46H72FN7O7S/c1-10-13-14-16-22-54(44(58)40(30(6)11-2)52-42(57)36-18-15-17-21-53(36)9)37(29(4)5)25-38(61-12-3)43-51-35(28-62-43)41(56)49-32(26-46(7,8)45(59)60)23-31-19-20-34(33(47)24-31)50-39(55)27-48/h19-20,24,28,30,32,36-38,40H,4,10-18,21-23,25-27,48H2,1-3,5-9H3,(H,49,56)(H,50,55)(H,52,57)(H,59,60)/t30-,32-,36+,37+,38+,40-/m0/s1. The van der Waals surface area contributed by atoms with Crippen LogP contribution in [0.5, 0.6) is 0 Å². The van der Waals surface area contributed by atoms with Gasteiger partial charge in [-0.2, -0.15) is 0 Å². The van der Waals surface area contributed by atoms with Crippen molar-refractivity contribution < 1.29 is 38.2 Å². The Morgan fingerprint density at radius 1 is 1.13 bits per heavy atom. The third-order valence-corrected chi connectivity index (χ3v) is 12.7. The molecule has 0 radical (unpaired) electrons. The molecule has 2 heterocycles. The van der Waals surface area contributed by atoms with Gasteiger partial charge in [0.2, 0.25) is 17.7 Å². The van der Waals surface area contributed by atoms with Crippen molar-refractivity contribution in [2.45, 2.75) is 149 Å². The fourth-order valence-electron chi connectivity index (χ4n) is 7.83.